The Morgan fingerprint density at radius 3 is 1.04 bits per heavy atom. The average Bonchev–Trinajstić information content (AvgIpc) is 3.18. The molecule has 0 unspecified atom stereocenters. The molecular weight excluding hydrogens is 677 g/mol. The molecule has 8 heteroatoms. The van der Waals surface area contributed by atoms with E-state index in [1.807, 2.05) is 36.4 Å². The van der Waals surface area contributed by atoms with Gasteiger partial charge in [-0.2, -0.15) is 0 Å². The second-order valence-electron chi connectivity index (χ2n) is 14.4. The van der Waals surface area contributed by atoms with Crippen molar-refractivity contribution in [3.8, 4) is 11.5 Å². The predicted molar refractivity (Wildman–Crippen MR) is 225 cm³/mol. The largest absolute Gasteiger partial charge is 0.493 e. The van der Waals surface area contributed by atoms with Crippen molar-refractivity contribution in [2.24, 2.45) is 0 Å². The van der Waals surface area contributed by atoms with E-state index in [2.05, 4.69) is 13.8 Å². The molecule has 294 valence electrons. The summed E-state index contributed by atoms with van der Waals surface area (Å²) in [5.74, 6) is 1.47. The minimum atomic E-state index is -0.395. The van der Waals surface area contributed by atoms with Crippen molar-refractivity contribution in [3.63, 3.8) is 0 Å². The molecule has 0 aliphatic carbocycles. The highest BCUT2D eigenvalue weighted by molar-refractivity contribution is 5.79. The van der Waals surface area contributed by atoms with Crippen molar-refractivity contribution in [3.05, 3.63) is 103 Å². The number of hydrogen-bond acceptors (Lipinski definition) is 6. The molecule has 0 aliphatic rings. The normalized spacial score (nSPS) is 11.4. The van der Waals surface area contributed by atoms with Gasteiger partial charge in [0.05, 0.1) is 23.1 Å². The number of rotatable bonds is 30. The zero-order valence-electron chi connectivity index (χ0n) is 33.0. The van der Waals surface area contributed by atoms with E-state index < -0.39 is 9.85 Å². The number of ether oxygens (including phenoxy) is 2. The van der Waals surface area contributed by atoms with Crippen LogP contribution in [0.2, 0.25) is 0 Å². The molecule has 0 saturated heterocycles. The Labute approximate surface area is 324 Å². The number of nitro groups is 2. The molecule has 0 aromatic heterocycles. The molecule has 0 aliphatic heterocycles. The molecule has 0 atom stereocenters. The van der Waals surface area contributed by atoms with E-state index in [0.29, 0.717) is 13.2 Å². The van der Waals surface area contributed by atoms with Crippen LogP contribution in [0.25, 0.3) is 24.3 Å². The van der Waals surface area contributed by atoms with Gasteiger partial charge in [-0.25, -0.2) is 0 Å². The van der Waals surface area contributed by atoms with Gasteiger partial charge in [-0.1, -0.05) is 154 Å². The standard InChI is InChI=1S/C46H64N2O6/c1-3-5-7-9-11-13-15-17-19-21-35-53-45-37-42(30-24-40-27-33-44(34-28-40)48(51)52)46(54-36-22-20-18-16-14-12-10-8-6-4-2)38-41(45)29-23-39-25-31-43(32-26-39)47(49)50/h23-34,37-38H,3-22,35-36H2,1-2H3/b29-23+,30-24+. The first kappa shape index (κ1) is 43.9. The molecule has 3 aromatic carbocycles. The first-order valence-electron chi connectivity index (χ1n) is 20.7. The molecule has 54 heavy (non-hydrogen) atoms. The molecule has 0 heterocycles. The minimum Gasteiger partial charge on any atom is -0.493 e. The van der Waals surface area contributed by atoms with E-state index in [-0.39, 0.29) is 11.4 Å². The van der Waals surface area contributed by atoms with Crippen LogP contribution in [0, 0.1) is 20.2 Å². The molecule has 0 bridgehead atoms. The Hall–Kier alpha value is -4.46. The van der Waals surface area contributed by atoms with Gasteiger partial charge in [-0.05, 0) is 60.4 Å². The lowest BCUT2D eigenvalue weighted by Crippen LogP contribution is -2.03. The van der Waals surface area contributed by atoms with Crippen LogP contribution in [0.15, 0.2) is 60.7 Å². The maximum atomic E-state index is 11.2. The van der Waals surface area contributed by atoms with Crippen LogP contribution in [0.4, 0.5) is 11.4 Å². The molecule has 3 rings (SSSR count). The van der Waals surface area contributed by atoms with E-state index in [0.717, 1.165) is 59.4 Å². The molecular formula is C46H64N2O6. The summed E-state index contributed by atoms with van der Waals surface area (Å²) in [4.78, 5) is 21.6. The van der Waals surface area contributed by atoms with E-state index in [9.17, 15) is 20.2 Å². The summed E-state index contributed by atoms with van der Waals surface area (Å²) in [6.07, 6.45) is 32.8. The SMILES string of the molecule is CCCCCCCCCCCCOc1cc(/C=C/c2ccc([N+](=O)[O-])cc2)c(OCCCCCCCCCCCC)cc1/C=C/c1ccc([N+](=O)[O-])cc1. The summed E-state index contributed by atoms with van der Waals surface area (Å²) >= 11 is 0. The van der Waals surface area contributed by atoms with Crippen molar-refractivity contribution in [1.82, 2.24) is 0 Å². The Morgan fingerprint density at radius 1 is 0.444 bits per heavy atom. The van der Waals surface area contributed by atoms with Crippen molar-refractivity contribution < 1.29 is 19.3 Å². The van der Waals surface area contributed by atoms with Gasteiger partial charge in [-0.15, -0.1) is 0 Å². The van der Waals surface area contributed by atoms with Crippen LogP contribution in [0.5, 0.6) is 11.5 Å². The highest BCUT2D eigenvalue weighted by atomic mass is 16.6. The van der Waals surface area contributed by atoms with Crippen LogP contribution >= 0.6 is 0 Å². The van der Waals surface area contributed by atoms with Crippen LogP contribution in [-0.2, 0) is 0 Å². The van der Waals surface area contributed by atoms with E-state index >= 15 is 0 Å². The molecule has 0 radical (unpaired) electrons. The lowest BCUT2D eigenvalue weighted by atomic mass is 10.0. The third-order valence-corrected chi connectivity index (χ3v) is 9.77. The third kappa shape index (κ3) is 18.0. The number of nitro benzene ring substituents is 2. The fourth-order valence-corrected chi connectivity index (χ4v) is 6.43. The maximum absolute atomic E-state index is 11.2. The molecule has 0 N–H and O–H groups in total. The van der Waals surface area contributed by atoms with Crippen LogP contribution in [0.3, 0.4) is 0 Å². The zero-order valence-corrected chi connectivity index (χ0v) is 33.0. The predicted octanol–water partition coefficient (Wildman–Crippen LogP) is 14.4. The van der Waals surface area contributed by atoms with Crippen molar-refractivity contribution in [2.45, 2.75) is 142 Å². The van der Waals surface area contributed by atoms with E-state index in [1.165, 1.54) is 127 Å². The van der Waals surface area contributed by atoms with Gasteiger partial charge in [0, 0.05) is 35.4 Å². The first-order valence-corrected chi connectivity index (χ1v) is 20.7. The third-order valence-electron chi connectivity index (χ3n) is 9.77. The smallest absolute Gasteiger partial charge is 0.269 e. The zero-order chi connectivity index (χ0) is 38.6. The molecule has 0 amide bonds. The lowest BCUT2D eigenvalue weighted by Gasteiger charge is -2.15. The first-order chi connectivity index (χ1) is 26.4. The second-order valence-corrected chi connectivity index (χ2v) is 14.4. The summed E-state index contributed by atoms with van der Waals surface area (Å²) < 4.78 is 12.9. The van der Waals surface area contributed by atoms with Gasteiger partial charge < -0.3 is 9.47 Å². The quantitative estimate of drug-likeness (QED) is 0.0292. The monoisotopic (exact) mass is 740 g/mol. The van der Waals surface area contributed by atoms with E-state index in [1.54, 1.807) is 24.3 Å². The van der Waals surface area contributed by atoms with Gasteiger partial charge in [0.1, 0.15) is 11.5 Å². The molecule has 3 aromatic rings. The molecule has 0 saturated carbocycles. The Kier molecular flexibility index (Phi) is 22.1. The van der Waals surface area contributed by atoms with Gasteiger partial charge in [0.15, 0.2) is 0 Å². The highest BCUT2D eigenvalue weighted by Crippen LogP contribution is 2.33. The summed E-state index contributed by atoms with van der Waals surface area (Å²) in [5.41, 5.74) is 3.53. The van der Waals surface area contributed by atoms with Crippen LogP contribution < -0.4 is 9.47 Å². The number of unbranched alkanes of at least 4 members (excludes halogenated alkanes) is 18. The number of nitrogens with zero attached hydrogens (tertiary/aromatic N) is 2. The fraction of sp³-hybridized carbons (Fsp3) is 0.522. The fourth-order valence-electron chi connectivity index (χ4n) is 6.43. The van der Waals surface area contributed by atoms with Crippen molar-refractivity contribution in [2.75, 3.05) is 13.2 Å². The molecule has 0 spiro atoms. The summed E-state index contributed by atoms with van der Waals surface area (Å²) in [5, 5.41) is 22.4. The summed E-state index contributed by atoms with van der Waals surface area (Å²) in [6.45, 7) is 5.70. The maximum Gasteiger partial charge on any atom is 0.269 e. The summed E-state index contributed by atoms with van der Waals surface area (Å²) in [6, 6.07) is 17.0. The minimum absolute atomic E-state index is 0.0551. The molecule has 0 fully saturated rings. The lowest BCUT2D eigenvalue weighted by molar-refractivity contribution is -0.385. The Balaban J connectivity index is 1.75. The van der Waals surface area contributed by atoms with Gasteiger partial charge >= 0.3 is 0 Å². The van der Waals surface area contributed by atoms with Gasteiger partial charge in [0.2, 0.25) is 0 Å². The van der Waals surface area contributed by atoms with Crippen LogP contribution in [-0.4, -0.2) is 23.1 Å². The topological polar surface area (TPSA) is 105 Å². The number of benzene rings is 3. The van der Waals surface area contributed by atoms with E-state index in [4.69, 9.17) is 9.47 Å². The van der Waals surface area contributed by atoms with Crippen molar-refractivity contribution in [1.29, 1.82) is 0 Å². The number of hydrogen-bond donors (Lipinski definition) is 0. The molecule has 8 nitrogen and oxygen atoms in total. The van der Waals surface area contributed by atoms with Crippen molar-refractivity contribution >= 4 is 35.7 Å². The van der Waals surface area contributed by atoms with Gasteiger partial charge in [0.25, 0.3) is 11.4 Å². The second kappa shape index (κ2) is 27.2. The average molecular weight is 741 g/mol. The van der Waals surface area contributed by atoms with Gasteiger partial charge in [-0.3, -0.25) is 20.2 Å². The Morgan fingerprint density at radius 2 is 0.741 bits per heavy atom. The number of non-ortho nitro benzene ring substituents is 2. The summed E-state index contributed by atoms with van der Waals surface area (Å²) in [7, 11) is 0. The Bertz CT molecular complexity index is 1430. The van der Waals surface area contributed by atoms with Crippen LogP contribution in [0.1, 0.15) is 165 Å². The highest BCUT2D eigenvalue weighted by Gasteiger charge is 2.11.